The smallest absolute Gasteiger partial charge is 0.340 e. The molecule has 1 atom stereocenters. The van der Waals surface area contributed by atoms with Gasteiger partial charge in [-0.2, -0.15) is 4.31 Å². The Morgan fingerprint density at radius 3 is 2.58 bits per heavy atom. The van der Waals surface area contributed by atoms with Crippen molar-refractivity contribution in [2.75, 3.05) is 7.05 Å². The van der Waals surface area contributed by atoms with E-state index in [9.17, 15) is 18.0 Å². The summed E-state index contributed by atoms with van der Waals surface area (Å²) in [6, 6.07) is 13.0. The highest BCUT2D eigenvalue weighted by Gasteiger charge is 2.25. The Bertz CT molecular complexity index is 1610. The van der Waals surface area contributed by atoms with Crippen LogP contribution in [0, 0.1) is 13.8 Å². The zero-order valence-electron chi connectivity index (χ0n) is 20.0. The monoisotopic (exact) mass is 545 g/mol. The van der Waals surface area contributed by atoms with Crippen LogP contribution in [0.3, 0.4) is 0 Å². The van der Waals surface area contributed by atoms with Crippen molar-refractivity contribution in [2.45, 2.75) is 38.3 Å². The zero-order chi connectivity index (χ0) is 26.2. The lowest BCUT2D eigenvalue weighted by Crippen LogP contribution is -2.26. The van der Waals surface area contributed by atoms with Gasteiger partial charge in [0.1, 0.15) is 4.83 Å². The van der Waals surface area contributed by atoms with Crippen molar-refractivity contribution < 1.29 is 17.9 Å². The molecule has 188 valence electrons. The molecule has 0 bridgehead atoms. The SMILES string of the molecule is Cc1sc2nc(C(C)OC(=O)c3cc(S(=O)(=O)N(C)Cc4ccccc4)ccc3Cl)[nH]c(=O)c2c1C. The number of aromatic amines is 1. The van der Waals surface area contributed by atoms with Gasteiger partial charge in [0.25, 0.3) is 5.56 Å². The molecule has 0 saturated heterocycles. The van der Waals surface area contributed by atoms with Crippen molar-refractivity contribution in [1.82, 2.24) is 14.3 Å². The second-order valence-electron chi connectivity index (χ2n) is 8.35. The number of hydrogen-bond donors (Lipinski definition) is 1. The quantitative estimate of drug-likeness (QED) is 0.327. The molecule has 36 heavy (non-hydrogen) atoms. The van der Waals surface area contributed by atoms with Gasteiger partial charge >= 0.3 is 5.97 Å². The number of aryl methyl sites for hydroxylation is 2. The van der Waals surface area contributed by atoms with Gasteiger partial charge in [0.15, 0.2) is 11.9 Å². The molecule has 0 saturated carbocycles. The number of thiophene rings is 1. The highest BCUT2D eigenvalue weighted by molar-refractivity contribution is 7.89. The van der Waals surface area contributed by atoms with E-state index in [0.29, 0.717) is 10.2 Å². The summed E-state index contributed by atoms with van der Waals surface area (Å²) >= 11 is 7.61. The van der Waals surface area contributed by atoms with E-state index < -0.39 is 22.1 Å². The van der Waals surface area contributed by atoms with Gasteiger partial charge in [0.2, 0.25) is 10.0 Å². The Morgan fingerprint density at radius 2 is 1.89 bits per heavy atom. The van der Waals surface area contributed by atoms with Gasteiger partial charge < -0.3 is 9.72 Å². The van der Waals surface area contributed by atoms with Crippen LogP contribution >= 0.6 is 22.9 Å². The normalized spacial score (nSPS) is 12.7. The summed E-state index contributed by atoms with van der Waals surface area (Å²) in [4.78, 5) is 34.1. The van der Waals surface area contributed by atoms with E-state index in [-0.39, 0.29) is 33.4 Å². The minimum Gasteiger partial charge on any atom is -0.451 e. The summed E-state index contributed by atoms with van der Waals surface area (Å²) in [5, 5.41) is 0.554. The van der Waals surface area contributed by atoms with Crippen LogP contribution in [-0.4, -0.2) is 35.7 Å². The van der Waals surface area contributed by atoms with Crippen LogP contribution in [-0.2, 0) is 21.3 Å². The lowest BCUT2D eigenvalue weighted by atomic mass is 10.2. The maximum Gasteiger partial charge on any atom is 0.340 e. The van der Waals surface area contributed by atoms with E-state index in [1.165, 1.54) is 40.9 Å². The van der Waals surface area contributed by atoms with Crippen LogP contribution in [0.2, 0.25) is 5.02 Å². The number of fused-ring (bicyclic) bond motifs is 1. The molecule has 0 aliphatic rings. The summed E-state index contributed by atoms with van der Waals surface area (Å²) < 4.78 is 33.0. The van der Waals surface area contributed by atoms with Crippen LogP contribution < -0.4 is 5.56 Å². The Balaban J connectivity index is 1.58. The van der Waals surface area contributed by atoms with Crippen LogP contribution in [0.1, 0.15) is 45.2 Å². The largest absolute Gasteiger partial charge is 0.451 e. The summed E-state index contributed by atoms with van der Waals surface area (Å²) in [6.45, 7) is 5.49. The van der Waals surface area contributed by atoms with Crippen LogP contribution in [0.5, 0.6) is 0 Å². The van der Waals surface area contributed by atoms with Gasteiger partial charge in [0, 0.05) is 18.5 Å². The summed E-state index contributed by atoms with van der Waals surface area (Å²) in [5.74, 6) is -0.652. The number of halogens is 1. The van der Waals surface area contributed by atoms with Crippen molar-refractivity contribution in [3.05, 3.63) is 91.3 Å². The van der Waals surface area contributed by atoms with Crippen molar-refractivity contribution in [2.24, 2.45) is 0 Å². The zero-order valence-corrected chi connectivity index (χ0v) is 22.4. The number of carbonyl (C=O) groups is 1. The molecule has 4 rings (SSSR count). The number of rotatable bonds is 7. The first kappa shape index (κ1) is 26.0. The third kappa shape index (κ3) is 5.08. The number of nitrogens with zero attached hydrogens (tertiary/aromatic N) is 2. The molecule has 0 radical (unpaired) electrons. The Hall–Kier alpha value is -3.05. The van der Waals surface area contributed by atoms with Gasteiger partial charge in [-0.1, -0.05) is 41.9 Å². The molecule has 1 N–H and O–H groups in total. The number of esters is 1. The Morgan fingerprint density at radius 1 is 1.19 bits per heavy atom. The number of ether oxygens (including phenoxy) is 1. The van der Waals surface area contributed by atoms with E-state index in [0.717, 1.165) is 16.0 Å². The third-order valence-corrected chi connectivity index (χ3v) is 9.07. The molecule has 2 aromatic heterocycles. The van der Waals surface area contributed by atoms with E-state index in [1.807, 2.05) is 44.2 Å². The van der Waals surface area contributed by atoms with Crippen molar-refractivity contribution in [1.29, 1.82) is 0 Å². The van der Waals surface area contributed by atoms with E-state index in [1.54, 1.807) is 6.92 Å². The summed E-state index contributed by atoms with van der Waals surface area (Å²) in [7, 11) is -2.45. The third-order valence-electron chi connectivity index (χ3n) is 5.84. The van der Waals surface area contributed by atoms with E-state index >= 15 is 0 Å². The fourth-order valence-corrected chi connectivity index (χ4v) is 6.09. The van der Waals surface area contributed by atoms with Gasteiger partial charge in [-0.25, -0.2) is 18.2 Å². The first-order chi connectivity index (χ1) is 17.0. The first-order valence-corrected chi connectivity index (χ1v) is 13.6. The number of H-pyrrole nitrogens is 1. The maximum absolute atomic E-state index is 13.1. The maximum atomic E-state index is 13.1. The average molecular weight is 546 g/mol. The lowest BCUT2D eigenvalue weighted by Gasteiger charge is -2.18. The van der Waals surface area contributed by atoms with Crippen LogP contribution in [0.15, 0.2) is 58.2 Å². The number of benzene rings is 2. The van der Waals surface area contributed by atoms with Crippen LogP contribution in [0.4, 0.5) is 0 Å². The van der Waals surface area contributed by atoms with Gasteiger partial charge in [-0.05, 0) is 50.1 Å². The molecular formula is C25H24ClN3O5S2. The number of nitrogens with one attached hydrogen (secondary N) is 1. The molecule has 2 aromatic carbocycles. The Kier molecular flexibility index (Phi) is 7.33. The molecule has 0 aliphatic heterocycles. The molecule has 0 aliphatic carbocycles. The molecule has 11 heteroatoms. The predicted octanol–water partition coefficient (Wildman–Crippen LogP) is 4.99. The number of carbonyl (C=O) groups excluding carboxylic acids is 1. The lowest BCUT2D eigenvalue weighted by molar-refractivity contribution is 0.0320. The second kappa shape index (κ2) is 10.1. The molecule has 8 nitrogen and oxygen atoms in total. The molecule has 0 spiro atoms. The predicted molar refractivity (Wildman–Crippen MR) is 140 cm³/mol. The standard InChI is InChI=1S/C25H24ClN3O5S2/c1-14-16(3)35-24-21(14)23(30)27-22(28-24)15(2)34-25(31)19-12-18(10-11-20(19)26)36(32,33)29(4)13-17-8-6-5-7-9-17/h5-12,15H,13H2,1-4H3,(H,27,28,30). The van der Waals surface area contributed by atoms with Gasteiger partial charge in [0.05, 0.1) is 20.9 Å². The average Bonchev–Trinajstić information content (AvgIpc) is 3.13. The molecule has 4 aromatic rings. The fourth-order valence-electron chi connectivity index (χ4n) is 3.67. The number of aromatic nitrogens is 2. The molecule has 0 fully saturated rings. The minimum absolute atomic E-state index is 0.0401. The van der Waals surface area contributed by atoms with Crippen molar-refractivity contribution >= 4 is 49.1 Å². The summed E-state index contributed by atoms with van der Waals surface area (Å²) in [6.07, 6.45) is -0.908. The highest BCUT2D eigenvalue weighted by Crippen LogP contribution is 2.28. The molecule has 1 unspecified atom stereocenters. The Labute approximate surface area is 217 Å². The molecule has 2 heterocycles. The van der Waals surface area contributed by atoms with Crippen molar-refractivity contribution in [3.8, 4) is 0 Å². The number of sulfonamides is 1. The minimum atomic E-state index is -3.91. The van der Waals surface area contributed by atoms with Crippen LogP contribution in [0.25, 0.3) is 10.2 Å². The highest BCUT2D eigenvalue weighted by atomic mass is 35.5. The molecular weight excluding hydrogens is 522 g/mol. The first-order valence-electron chi connectivity index (χ1n) is 11.0. The number of hydrogen-bond acceptors (Lipinski definition) is 7. The topological polar surface area (TPSA) is 109 Å². The van der Waals surface area contributed by atoms with Gasteiger partial charge in [-0.3, -0.25) is 4.79 Å². The molecule has 0 amide bonds. The summed E-state index contributed by atoms with van der Waals surface area (Å²) in [5.41, 5.74) is 1.26. The second-order valence-corrected chi connectivity index (χ2v) is 12.0. The fraction of sp³-hybridized carbons (Fsp3) is 0.240. The van der Waals surface area contributed by atoms with Crippen molar-refractivity contribution in [3.63, 3.8) is 0 Å². The van der Waals surface area contributed by atoms with E-state index in [2.05, 4.69) is 9.97 Å². The van der Waals surface area contributed by atoms with E-state index in [4.69, 9.17) is 16.3 Å². The van der Waals surface area contributed by atoms with Gasteiger partial charge in [-0.15, -0.1) is 11.3 Å².